The number of nitrogens with one attached hydrogen (secondary N) is 1. The lowest BCUT2D eigenvalue weighted by atomic mass is 10.1. The van der Waals surface area contributed by atoms with Crippen LogP contribution >= 0.6 is 0 Å². The molecule has 0 spiro atoms. The first-order valence-corrected chi connectivity index (χ1v) is 7.07. The first-order chi connectivity index (χ1) is 11.8. The third-order valence-corrected chi connectivity index (χ3v) is 3.36. The van der Waals surface area contributed by atoms with Crippen molar-refractivity contribution in [3.05, 3.63) is 65.9 Å². The van der Waals surface area contributed by atoms with Crippen molar-refractivity contribution in [2.75, 3.05) is 5.32 Å². The van der Waals surface area contributed by atoms with Gasteiger partial charge in [0, 0.05) is 11.3 Å². The van der Waals surface area contributed by atoms with Gasteiger partial charge in [-0.15, -0.1) is 0 Å². The van der Waals surface area contributed by atoms with Gasteiger partial charge in [0.2, 0.25) is 0 Å². The Kier molecular flexibility index (Phi) is 4.18. The van der Waals surface area contributed by atoms with Crippen molar-refractivity contribution in [1.29, 1.82) is 0 Å². The molecule has 0 atom stereocenters. The fourth-order valence-electron chi connectivity index (χ4n) is 2.14. The van der Waals surface area contributed by atoms with E-state index >= 15 is 0 Å². The highest BCUT2D eigenvalue weighted by Crippen LogP contribution is 2.31. The summed E-state index contributed by atoms with van der Waals surface area (Å²) in [6.45, 7) is 0. The summed E-state index contributed by atoms with van der Waals surface area (Å²) >= 11 is 0. The van der Waals surface area contributed by atoms with Crippen molar-refractivity contribution < 1.29 is 27.5 Å². The van der Waals surface area contributed by atoms with Crippen LogP contribution in [0.2, 0.25) is 0 Å². The number of aromatic carboxylic acids is 1. The first kappa shape index (κ1) is 16.6. The number of carbonyl (C=O) groups is 1. The molecule has 0 saturated heterocycles. The van der Waals surface area contributed by atoms with E-state index < -0.39 is 17.7 Å². The van der Waals surface area contributed by atoms with E-state index in [4.69, 9.17) is 9.52 Å². The molecule has 1 heterocycles. The molecule has 5 nitrogen and oxygen atoms in total. The number of hydrogen-bond acceptors (Lipinski definition) is 4. The second-order valence-corrected chi connectivity index (χ2v) is 5.12. The van der Waals surface area contributed by atoms with E-state index in [0.29, 0.717) is 17.0 Å². The highest BCUT2D eigenvalue weighted by Gasteiger charge is 2.29. The number of hydrogen-bond donors (Lipinski definition) is 2. The molecule has 0 amide bonds. The van der Waals surface area contributed by atoms with Crippen LogP contribution in [0.4, 0.5) is 24.9 Å². The summed E-state index contributed by atoms with van der Waals surface area (Å²) in [4.78, 5) is 15.0. The number of carboxylic acid groups (broad SMARTS) is 1. The maximum absolute atomic E-state index is 12.5. The number of anilines is 2. The molecule has 2 aromatic carbocycles. The van der Waals surface area contributed by atoms with Crippen LogP contribution < -0.4 is 5.32 Å². The fourth-order valence-corrected chi connectivity index (χ4v) is 2.14. The topological polar surface area (TPSA) is 75.4 Å². The third-order valence-electron chi connectivity index (χ3n) is 3.36. The molecule has 3 rings (SSSR count). The Balaban J connectivity index is 1.78. The molecule has 0 aliphatic carbocycles. The highest BCUT2D eigenvalue weighted by atomic mass is 19.4. The predicted octanol–water partition coefficient (Wildman–Crippen LogP) is 4.80. The van der Waals surface area contributed by atoms with E-state index in [-0.39, 0.29) is 11.6 Å². The van der Waals surface area contributed by atoms with Crippen molar-refractivity contribution in [3.63, 3.8) is 0 Å². The van der Waals surface area contributed by atoms with E-state index in [1.807, 2.05) is 0 Å². The first-order valence-electron chi connectivity index (χ1n) is 7.07. The predicted molar refractivity (Wildman–Crippen MR) is 83.6 cm³/mol. The van der Waals surface area contributed by atoms with Gasteiger partial charge < -0.3 is 14.8 Å². The molecule has 0 aliphatic heterocycles. The van der Waals surface area contributed by atoms with Crippen molar-refractivity contribution in [2.24, 2.45) is 0 Å². The van der Waals surface area contributed by atoms with Gasteiger partial charge in [-0.05, 0) is 36.4 Å². The van der Waals surface area contributed by atoms with Crippen LogP contribution in [-0.2, 0) is 6.18 Å². The lowest BCUT2D eigenvalue weighted by Crippen LogP contribution is -2.04. The quantitative estimate of drug-likeness (QED) is 0.708. The molecule has 128 valence electrons. The van der Waals surface area contributed by atoms with Crippen molar-refractivity contribution >= 4 is 17.7 Å². The molecular formula is C17H11F3N2O3. The summed E-state index contributed by atoms with van der Waals surface area (Å²) in [5.74, 6) is -0.734. The van der Waals surface area contributed by atoms with Crippen LogP contribution in [0.5, 0.6) is 0 Å². The van der Waals surface area contributed by atoms with E-state index in [2.05, 4.69) is 10.3 Å². The van der Waals surface area contributed by atoms with Crippen LogP contribution in [0.25, 0.3) is 11.3 Å². The normalized spacial score (nSPS) is 11.3. The molecule has 0 aliphatic rings. The second kappa shape index (κ2) is 6.31. The van der Waals surface area contributed by atoms with Crippen molar-refractivity contribution in [3.8, 4) is 11.3 Å². The van der Waals surface area contributed by atoms with Gasteiger partial charge in [0.1, 0.15) is 0 Å². The van der Waals surface area contributed by atoms with E-state index in [0.717, 1.165) is 12.1 Å². The molecule has 1 aromatic heterocycles. The van der Waals surface area contributed by atoms with Gasteiger partial charge >= 0.3 is 12.1 Å². The maximum Gasteiger partial charge on any atom is 0.416 e. The molecule has 25 heavy (non-hydrogen) atoms. The Bertz CT molecular complexity index is 902. The summed E-state index contributed by atoms with van der Waals surface area (Å²) in [5.41, 5.74) is 0.247. The molecule has 8 heteroatoms. The Morgan fingerprint density at radius 3 is 2.48 bits per heavy atom. The zero-order valence-corrected chi connectivity index (χ0v) is 12.5. The number of oxazole rings is 1. The number of halogens is 3. The fraction of sp³-hybridized carbons (Fsp3) is 0.0588. The Labute approximate surface area is 139 Å². The number of rotatable bonds is 4. The van der Waals surface area contributed by atoms with Gasteiger partial charge in [-0.1, -0.05) is 12.1 Å². The van der Waals surface area contributed by atoms with Gasteiger partial charge in [-0.25, -0.2) is 9.78 Å². The van der Waals surface area contributed by atoms with Crippen LogP contribution in [-0.4, -0.2) is 16.1 Å². The summed E-state index contributed by atoms with van der Waals surface area (Å²) in [6, 6.07) is 10.6. The van der Waals surface area contributed by atoms with Crippen LogP contribution in [0.1, 0.15) is 15.9 Å². The van der Waals surface area contributed by atoms with Gasteiger partial charge in [0.15, 0.2) is 5.76 Å². The average Bonchev–Trinajstić information content (AvgIpc) is 3.03. The molecule has 0 bridgehead atoms. The lowest BCUT2D eigenvalue weighted by molar-refractivity contribution is -0.137. The lowest BCUT2D eigenvalue weighted by Gasteiger charge is -2.07. The van der Waals surface area contributed by atoms with Crippen LogP contribution in [0, 0.1) is 0 Å². The minimum Gasteiger partial charge on any atom is -0.478 e. The molecule has 0 saturated carbocycles. The third kappa shape index (κ3) is 3.79. The number of aromatic nitrogens is 1. The van der Waals surface area contributed by atoms with Gasteiger partial charge in [-0.3, -0.25) is 0 Å². The van der Waals surface area contributed by atoms with E-state index in [1.165, 1.54) is 30.5 Å². The summed E-state index contributed by atoms with van der Waals surface area (Å²) < 4.78 is 43.1. The molecule has 2 N–H and O–H groups in total. The van der Waals surface area contributed by atoms with E-state index in [9.17, 15) is 18.0 Å². The Hall–Kier alpha value is -3.29. The maximum atomic E-state index is 12.5. The number of benzene rings is 2. The van der Waals surface area contributed by atoms with Crippen LogP contribution in [0.3, 0.4) is 0 Å². The smallest absolute Gasteiger partial charge is 0.416 e. The minimum absolute atomic E-state index is 0.0792. The largest absolute Gasteiger partial charge is 0.478 e. The monoisotopic (exact) mass is 348 g/mol. The summed E-state index contributed by atoms with van der Waals surface area (Å²) in [7, 11) is 0. The zero-order valence-electron chi connectivity index (χ0n) is 12.5. The molecular weight excluding hydrogens is 337 g/mol. The highest BCUT2D eigenvalue weighted by molar-refractivity contribution is 5.89. The van der Waals surface area contributed by atoms with Gasteiger partial charge in [0.25, 0.3) is 6.01 Å². The van der Waals surface area contributed by atoms with Crippen molar-refractivity contribution in [2.45, 2.75) is 6.18 Å². The molecule has 0 radical (unpaired) electrons. The van der Waals surface area contributed by atoms with Gasteiger partial charge in [-0.2, -0.15) is 13.2 Å². The zero-order chi connectivity index (χ0) is 18.0. The summed E-state index contributed by atoms with van der Waals surface area (Å²) in [6.07, 6.45) is -3.00. The molecule has 3 aromatic rings. The van der Waals surface area contributed by atoms with Crippen molar-refractivity contribution in [1.82, 2.24) is 4.98 Å². The molecule has 0 fully saturated rings. The average molecular weight is 348 g/mol. The second-order valence-electron chi connectivity index (χ2n) is 5.12. The standard InChI is InChI=1S/C17H11F3N2O3/c18-17(19,20)12-4-6-13(7-5-12)22-16-21-9-14(25-16)10-2-1-3-11(8-10)15(23)24/h1-9H,(H,21,22)(H,23,24). The number of nitrogens with zero attached hydrogens (tertiary/aromatic N) is 1. The SMILES string of the molecule is O=C(O)c1cccc(-c2cnc(Nc3ccc(C(F)(F)F)cc3)o2)c1. The van der Waals surface area contributed by atoms with Gasteiger partial charge in [0.05, 0.1) is 17.3 Å². The Morgan fingerprint density at radius 1 is 1.12 bits per heavy atom. The Morgan fingerprint density at radius 2 is 1.84 bits per heavy atom. The number of carboxylic acids is 1. The number of alkyl halides is 3. The minimum atomic E-state index is -4.40. The van der Waals surface area contributed by atoms with E-state index in [1.54, 1.807) is 12.1 Å². The van der Waals surface area contributed by atoms with Crippen LogP contribution in [0.15, 0.2) is 59.1 Å². The summed E-state index contributed by atoms with van der Waals surface area (Å²) in [5, 5.41) is 11.7. The molecule has 0 unspecified atom stereocenters.